The summed E-state index contributed by atoms with van der Waals surface area (Å²) in [4.78, 5) is 11.4. The predicted octanol–water partition coefficient (Wildman–Crippen LogP) is 3.85. The molecule has 3 N–H and O–H groups in total. The van der Waals surface area contributed by atoms with Gasteiger partial charge in [-0.25, -0.2) is 5.48 Å². The van der Waals surface area contributed by atoms with E-state index in [0.29, 0.717) is 17.5 Å². The maximum absolute atomic E-state index is 11.4. The Hall–Kier alpha value is -1.86. The number of aryl methyl sites for hydroxylation is 1. The SMILES string of the molecule is O=C(NO)c1ccc(CCSN2CCC(CNC3CC3c3ccccc3)CC2)cc1. The molecule has 0 spiro atoms. The Kier molecular flexibility index (Phi) is 7.44. The summed E-state index contributed by atoms with van der Waals surface area (Å²) in [7, 11) is 0. The van der Waals surface area contributed by atoms with Crippen LogP contribution in [0.4, 0.5) is 0 Å². The predicted molar refractivity (Wildman–Crippen MR) is 122 cm³/mol. The Labute approximate surface area is 183 Å². The smallest absolute Gasteiger partial charge is 0.274 e. The number of amides is 1. The van der Waals surface area contributed by atoms with Crippen molar-refractivity contribution >= 4 is 17.9 Å². The van der Waals surface area contributed by atoms with E-state index in [9.17, 15) is 4.79 Å². The molecule has 30 heavy (non-hydrogen) atoms. The zero-order valence-electron chi connectivity index (χ0n) is 17.3. The first kappa shape index (κ1) is 21.4. The van der Waals surface area contributed by atoms with E-state index in [-0.39, 0.29) is 0 Å². The zero-order valence-corrected chi connectivity index (χ0v) is 18.1. The molecule has 1 aliphatic carbocycles. The molecule has 2 atom stereocenters. The first-order valence-electron chi connectivity index (χ1n) is 10.9. The average molecular weight is 426 g/mol. The minimum Gasteiger partial charge on any atom is -0.313 e. The van der Waals surface area contributed by atoms with Gasteiger partial charge in [0.25, 0.3) is 5.91 Å². The van der Waals surface area contributed by atoms with Crippen molar-refractivity contribution < 1.29 is 10.0 Å². The lowest BCUT2D eigenvalue weighted by Crippen LogP contribution is -2.35. The highest BCUT2D eigenvalue weighted by atomic mass is 32.2. The number of rotatable bonds is 9. The second kappa shape index (κ2) is 10.4. The Morgan fingerprint density at radius 3 is 2.50 bits per heavy atom. The largest absolute Gasteiger partial charge is 0.313 e. The van der Waals surface area contributed by atoms with Gasteiger partial charge in [-0.1, -0.05) is 54.4 Å². The van der Waals surface area contributed by atoms with Crippen LogP contribution in [-0.4, -0.2) is 46.8 Å². The minimum absolute atomic E-state index is 0.467. The van der Waals surface area contributed by atoms with E-state index >= 15 is 0 Å². The van der Waals surface area contributed by atoms with Crippen molar-refractivity contribution in [2.24, 2.45) is 5.92 Å². The van der Waals surface area contributed by atoms with Gasteiger partial charge in [0.15, 0.2) is 0 Å². The maximum atomic E-state index is 11.4. The molecule has 0 radical (unpaired) electrons. The van der Waals surface area contributed by atoms with Crippen molar-refractivity contribution in [3.8, 4) is 0 Å². The topological polar surface area (TPSA) is 64.6 Å². The van der Waals surface area contributed by atoms with Crippen LogP contribution in [0, 0.1) is 5.92 Å². The molecule has 2 unspecified atom stereocenters. The van der Waals surface area contributed by atoms with E-state index in [0.717, 1.165) is 24.6 Å². The number of carbonyl (C=O) groups is 1. The summed E-state index contributed by atoms with van der Waals surface area (Å²) in [6.07, 6.45) is 4.81. The molecule has 160 valence electrons. The van der Waals surface area contributed by atoms with Crippen LogP contribution in [0.5, 0.6) is 0 Å². The number of hydroxylamine groups is 1. The van der Waals surface area contributed by atoms with Gasteiger partial charge in [-0.05, 0) is 61.4 Å². The molecule has 0 bridgehead atoms. The quantitative estimate of drug-likeness (QED) is 0.324. The van der Waals surface area contributed by atoms with Gasteiger partial charge >= 0.3 is 0 Å². The van der Waals surface area contributed by atoms with Crippen molar-refractivity contribution in [2.75, 3.05) is 25.4 Å². The summed E-state index contributed by atoms with van der Waals surface area (Å²) < 4.78 is 2.51. The summed E-state index contributed by atoms with van der Waals surface area (Å²) in [6, 6.07) is 19.0. The lowest BCUT2D eigenvalue weighted by Gasteiger charge is -2.31. The van der Waals surface area contributed by atoms with Crippen molar-refractivity contribution in [3.05, 3.63) is 71.3 Å². The van der Waals surface area contributed by atoms with Gasteiger partial charge in [-0.15, -0.1) is 0 Å². The highest BCUT2D eigenvalue weighted by Gasteiger charge is 2.38. The summed E-state index contributed by atoms with van der Waals surface area (Å²) in [5.41, 5.74) is 4.84. The van der Waals surface area contributed by atoms with E-state index in [1.165, 1.54) is 43.5 Å². The fraction of sp³-hybridized carbons (Fsp3) is 0.458. The Morgan fingerprint density at radius 2 is 1.80 bits per heavy atom. The summed E-state index contributed by atoms with van der Waals surface area (Å²) in [5.74, 6) is 2.10. The first-order valence-corrected chi connectivity index (χ1v) is 11.9. The third-order valence-electron chi connectivity index (χ3n) is 6.24. The molecule has 1 aliphatic heterocycles. The second-order valence-electron chi connectivity index (χ2n) is 8.36. The van der Waals surface area contributed by atoms with Gasteiger partial charge in [0.05, 0.1) is 0 Å². The molecule has 4 rings (SSSR count). The van der Waals surface area contributed by atoms with E-state index < -0.39 is 5.91 Å². The average Bonchev–Trinajstić information content (AvgIpc) is 3.59. The summed E-state index contributed by atoms with van der Waals surface area (Å²) >= 11 is 1.94. The normalized spacial score (nSPS) is 22.0. The van der Waals surface area contributed by atoms with Gasteiger partial charge < -0.3 is 5.32 Å². The fourth-order valence-electron chi connectivity index (χ4n) is 4.23. The number of piperidine rings is 1. The van der Waals surface area contributed by atoms with Gasteiger partial charge in [0.2, 0.25) is 0 Å². The number of hydrogen-bond acceptors (Lipinski definition) is 5. The van der Waals surface area contributed by atoms with Crippen LogP contribution < -0.4 is 10.8 Å². The zero-order chi connectivity index (χ0) is 20.8. The van der Waals surface area contributed by atoms with Crippen LogP contribution >= 0.6 is 11.9 Å². The van der Waals surface area contributed by atoms with Crippen LogP contribution in [0.2, 0.25) is 0 Å². The van der Waals surface area contributed by atoms with Crippen LogP contribution in [0.3, 0.4) is 0 Å². The van der Waals surface area contributed by atoms with Crippen LogP contribution in [0.15, 0.2) is 54.6 Å². The molecule has 2 aromatic carbocycles. The molecule has 5 nitrogen and oxygen atoms in total. The van der Waals surface area contributed by atoms with Crippen molar-refractivity contribution in [2.45, 2.75) is 37.6 Å². The van der Waals surface area contributed by atoms with Crippen molar-refractivity contribution in [3.63, 3.8) is 0 Å². The summed E-state index contributed by atoms with van der Waals surface area (Å²) in [6.45, 7) is 3.49. The van der Waals surface area contributed by atoms with Gasteiger partial charge in [0, 0.05) is 36.4 Å². The Balaban J connectivity index is 1.09. The molecule has 2 fully saturated rings. The van der Waals surface area contributed by atoms with Gasteiger partial charge in [-0.2, -0.15) is 0 Å². The standard InChI is InChI=1S/C24H31N3O2S/c28-24(26-29)21-8-6-18(7-9-21)12-15-30-27-13-10-19(11-14-27)17-25-23-16-22(23)20-4-2-1-3-5-20/h1-9,19,22-23,25,29H,10-17H2,(H,26,28). The fourth-order valence-corrected chi connectivity index (χ4v) is 5.28. The first-order chi connectivity index (χ1) is 14.7. The van der Waals surface area contributed by atoms with Gasteiger partial charge in [0.1, 0.15) is 0 Å². The van der Waals surface area contributed by atoms with Crippen molar-refractivity contribution in [1.82, 2.24) is 15.1 Å². The molecular weight excluding hydrogens is 394 g/mol. The molecule has 1 heterocycles. The monoisotopic (exact) mass is 425 g/mol. The Morgan fingerprint density at radius 1 is 1.07 bits per heavy atom. The molecule has 2 aromatic rings. The highest BCUT2D eigenvalue weighted by Crippen LogP contribution is 2.40. The lowest BCUT2D eigenvalue weighted by atomic mass is 9.98. The summed E-state index contributed by atoms with van der Waals surface area (Å²) in [5, 5.41) is 12.5. The third kappa shape index (κ3) is 5.85. The van der Waals surface area contributed by atoms with Crippen LogP contribution in [0.25, 0.3) is 0 Å². The highest BCUT2D eigenvalue weighted by molar-refractivity contribution is 7.97. The number of hydrogen-bond donors (Lipinski definition) is 3. The number of carbonyl (C=O) groups excluding carboxylic acids is 1. The number of nitrogens with one attached hydrogen (secondary N) is 2. The molecule has 6 heteroatoms. The lowest BCUT2D eigenvalue weighted by molar-refractivity contribution is 0.0706. The van der Waals surface area contributed by atoms with E-state index in [1.54, 1.807) is 17.6 Å². The maximum Gasteiger partial charge on any atom is 0.274 e. The molecule has 2 aliphatic rings. The number of nitrogens with zero attached hydrogens (tertiary/aromatic N) is 1. The van der Waals surface area contributed by atoms with Gasteiger partial charge in [-0.3, -0.25) is 14.3 Å². The van der Waals surface area contributed by atoms with E-state index in [1.807, 2.05) is 24.1 Å². The minimum atomic E-state index is -0.467. The van der Waals surface area contributed by atoms with Crippen molar-refractivity contribution in [1.29, 1.82) is 0 Å². The van der Waals surface area contributed by atoms with E-state index in [2.05, 4.69) is 40.0 Å². The molecule has 1 saturated heterocycles. The van der Waals surface area contributed by atoms with Crippen LogP contribution in [-0.2, 0) is 6.42 Å². The molecule has 1 amide bonds. The third-order valence-corrected chi connectivity index (χ3v) is 7.36. The number of benzene rings is 2. The molecular formula is C24H31N3O2S. The second-order valence-corrected chi connectivity index (χ2v) is 9.54. The molecule has 1 saturated carbocycles. The molecule has 0 aromatic heterocycles. The Bertz CT molecular complexity index is 807. The van der Waals surface area contributed by atoms with E-state index in [4.69, 9.17) is 5.21 Å². The van der Waals surface area contributed by atoms with Crippen LogP contribution in [0.1, 0.15) is 46.7 Å².